The Morgan fingerprint density at radius 2 is 1.04 bits per heavy atom. The summed E-state index contributed by atoms with van der Waals surface area (Å²) in [5.41, 5.74) is 0. The van der Waals surface area contributed by atoms with E-state index in [-0.39, 0.29) is 0 Å². The van der Waals surface area contributed by atoms with E-state index >= 15 is 0 Å². The molecule has 2 aromatic carbocycles. The molecule has 0 bridgehead atoms. The van der Waals surface area contributed by atoms with Crippen molar-refractivity contribution in [2.24, 2.45) is 0 Å². The Hall–Kier alpha value is -1.85. The van der Waals surface area contributed by atoms with Gasteiger partial charge in [-0.3, -0.25) is 0 Å². The topological polar surface area (TPSA) is 0 Å². The molecule has 0 radical (unpaired) electrons. The molecule has 0 saturated carbocycles. The molecule has 0 heterocycles. The zero-order chi connectivity index (χ0) is 16.5. The van der Waals surface area contributed by atoms with Crippen molar-refractivity contribution in [2.75, 3.05) is 0 Å². The molecular formula is C23H22Zr. The Labute approximate surface area is 145 Å². The third-order valence-electron chi connectivity index (χ3n) is 5.78. The molecule has 118 valence electrons. The van der Waals surface area contributed by atoms with Crippen molar-refractivity contribution < 1.29 is 18.3 Å². The SMILES string of the molecule is [CH2]=[Zr]([C]1=CC=CC1)([C]1=CC=CC1)([c]1ccccc1)[c]1ccccc1. The van der Waals surface area contributed by atoms with Gasteiger partial charge in [0.05, 0.1) is 0 Å². The molecule has 0 nitrogen and oxygen atoms in total. The number of rotatable bonds is 4. The molecule has 1 heteroatoms. The fraction of sp³-hybridized carbons (Fsp3) is 0.0870. The molecule has 2 aromatic rings. The molecule has 2 aliphatic rings. The second-order valence-electron chi connectivity index (χ2n) is 6.84. The van der Waals surface area contributed by atoms with Gasteiger partial charge in [-0.25, -0.2) is 0 Å². The van der Waals surface area contributed by atoms with Crippen LogP contribution in [-0.2, 0) is 18.3 Å². The average Bonchev–Trinajstić information content (AvgIpc) is 3.37. The van der Waals surface area contributed by atoms with Crippen molar-refractivity contribution in [1.82, 2.24) is 0 Å². The summed E-state index contributed by atoms with van der Waals surface area (Å²) < 4.78 is 11.2. The zero-order valence-corrected chi connectivity index (χ0v) is 16.3. The number of hydrogen-bond donors (Lipinski definition) is 0. The van der Waals surface area contributed by atoms with Gasteiger partial charge in [0.2, 0.25) is 0 Å². The Morgan fingerprint density at radius 1 is 0.625 bits per heavy atom. The van der Waals surface area contributed by atoms with Gasteiger partial charge in [-0.15, -0.1) is 0 Å². The quantitative estimate of drug-likeness (QED) is 0.725. The van der Waals surface area contributed by atoms with Crippen LogP contribution < -0.4 is 6.54 Å². The van der Waals surface area contributed by atoms with Gasteiger partial charge in [0.15, 0.2) is 0 Å². The molecule has 4 rings (SSSR count). The number of allylic oxidation sites excluding steroid dienone is 8. The Morgan fingerprint density at radius 3 is 1.38 bits per heavy atom. The Bertz CT molecular complexity index is 859. The molecule has 0 aliphatic heterocycles. The first-order chi connectivity index (χ1) is 11.7. The first-order valence-electron chi connectivity index (χ1n) is 8.61. The summed E-state index contributed by atoms with van der Waals surface area (Å²) in [5.74, 6) is 0. The summed E-state index contributed by atoms with van der Waals surface area (Å²) in [5, 5.41) is 0. The predicted octanol–water partition coefficient (Wildman–Crippen LogP) is 4.45. The molecule has 24 heavy (non-hydrogen) atoms. The van der Waals surface area contributed by atoms with E-state index in [1.807, 2.05) is 0 Å². The summed E-state index contributed by atoms with van der Waals surface area (Å²) in [4.78, 5) is 0. The van der Waals surface area contributed by atoms with Crippen molar-refractivity contribution in [2.45, 2.75) is 12.8 Å². The van der Waals surface area contributed by atoms with Crippen LogP contribution in [0.4, 0.5) is 0 Å². The van der Waals surface area contributed by atoms with Gasteiger partial charge in [0.1, 0.15) is 0 Å². The van der Waals surface area contributed by atoms with Crippen LogP contribution in [-0.4, -0.2) is 4.21 Å². The zero-order valence-electron chi connectivity index (χ0n) is 13.9. The van der Waals surface area contributed by atoms with Crippen LogP contribution >= 0.6 is 0 Å². The predicted molar refractivity (Wildman–Crippen MR) is 103 cm³/mol. The van der Waals surface area contributed by atoms with E-state index in [1.54, 1.807) is 6.56 Å². The fourth-order valence-electron chi connectivity index (χ4n) is 4.44. The van der Waals surface area contributed by atoms with Crippen LogP contribution in [0.1, 0.15) is 12.8 Å². The fourth-order valence-corrected chi connectivity index (χ4v) is 19.6. The first kappa shape index (κ1) is 15.7. The number of hydrogen-bond acceptors (Lipinski definition) is 0. The average molecular weight is 390 g/mol. The molecule has 0 unspecified atom stereocenters. The van der Waals surface area contributed by atoms with Crippen molar-refractivity contribution in [1.29, 1.82) is 0 Å². The summed E-state index contributed by atoms with van der Waals surface area (Å²) >= 11 is -4.02. The molecule has 0 fully saturated rings. The molecule has 0 amide bonds. The summed E-state index contributed by atoms with van der Waals surface area (Å²) in [6, 6.07) is 22.1. The molecule has 0 saturated heterocycles. The second-order valence-corrected chi connectivity index (χ2v) is 20.0. The van der Waals surface area contributed by atoms with E-state index in [2.05, 4.69) is 97.1 Å². The van der Waals surface area contributed by atoms with Crippen LogP contribution in [0, 0.1) is 0 Å². The standard InChI is InChI=1S/2C6H5.2C5H5.CH2.Zr/c2*1-2-4-6-5-3-1;2*1-2-4-5-3-1;;/h2*1-5H;2*1-3H,4H2;1H2;. The van der Waals surface area contributed by atoms with Crippen molar-refractivity contribution >= 4 is 10.8 Å². The van der Waals surface area contributed by atoms with Gasteiger partial charge in [0.25, 0.3) is 0 Å². The van der Waals surface area contributed by atoms with Crippen molar-refractivity contribution in [3.05, 3.63) is 104 Å². The van der Waals surface area contributed by atoms with Crippen LogP contribution in [0.2, 0.25) is 0 Å². The van der Waals surface area contributed by atoms with Gasteiger partial charge in [-0.05, 0) is 0 Å². The van der Waals surface area contributed by atoms with Gasteiger partial charge in [0, 0.05) is 0 Å². The molecule has 0 N–H and O–H groups in total. The maximum absolute atomic E-state index is 5.20. The van der Waals surface area contributed by atoms with Gasteiger partial charge >= 0.3 is 146 Å². The van der Waals surface area contributed by atoms with E-state index in [9.17, 15) is 0 Å². The molecule has 2 aliphatic carbocycles. The van der Waals surface area contributed by atoms with E-state index in [0.29, 0.717) is 0 Å². The molecule has 0 spiro atoms. The second kappa shape index (κ2) is 5.90. The van der Waals surface area contributed by atoms with Crippen LogP contribution in [0.15, 0.2) is 104 Å². The minimum absolute atomic E-state index is 1.02. The molecule has 0 atom stereocenters. The van der Waals surface area contributed by atoms with E-state index in [1.165, 1.54) is 6.54 Å². The van der Waals surface area contributed by atoms with Crippen LogP contribution in [0.3, 0.4) is 0 Å². The third kappa shape index (κ3) is 2.04. The van der Waals surface area contributed by atoms with Gasteiger partial charge < -0.3 is 0 Å². The van der Waals surface area contributed by atoms with E-state index in [4.69, 9.17) is 4.21 Å². The summed E-state index contributed by atoms with van der Waals surface area (Å²) in [6.07, 6.45) is 15.7. The van der Waals surface area contributed by atoms with Crippen molar-refractivity contribution in [3.8, 4) is 0 Å². The molecule has 0 aromatic heterocycles. The number of benzene rings is 2. The van der Waals surface area contributed by atoms with Gasteiger partial charge in [-0.2, -0.15) is 0 Å². The third-order valence-corrected chi connectivity index (χ3v) is 22.5. The maximum atomic E-state index is 5.20. The summed E-state index contributed by atoms with van der Waals surface area (Å²) in [7, 11) is 0. The Kier molecular flexibility index (Phi) is 3.85. The molecular weight excluding hydrogens is 367 g/mol. The monoisotopic (exact) mass is 388 g/mol. The van der Waals surface area contributed by atoms with E-state index < -0.39 is 18.3 Å². The Balaban J connectivity index is 2.14. The van der Waals surface area contributed by atoms with Crippen molar-refractivity contribution in [3.63, 3.8) is 0 Å². The van der Waals surface area contributed by atoms with Crippen LogP contribution in [0.5, 0.6) is 0 Å². The van der Waals surface area contributed by atoms with Gasteiger partial charge in [-0.1, -0.05) is 0 Å². The minimum atomic E-state index is -4.02. The summed E-state index contributed by atoms with van der Waals surface area (Å²) in [6.45, 7) is 0. The normalized spacial score (nSPS) is 17.0. The van der Waals surface area contributed by atoms with Crippen LogP contribution in [0.25, 0.3) is 0 Å². The first-order valence-corrected chi connectivity index (χ1v) is 15.3. The van der Waals surface area contributed by atoms with E-state index in [0.717, 1.165) is 12.8 Å².